The minimum atomic E-state index is 0.878. The molecule has 0 radical (unpaired) electrons. The Bertz CT molecular complexity index is 2700. The van der Waals surface area contributed by atoms with E-state index in [4.69, 9.17) is 4.99 Å². The molecule has 0 aliphatic carbocycles. The molecule has 9 aromatic carbocycles. The van der Waals surface area contributed by atoms with E-state index in [1.165, 1.54) is 54.9 Å². The average molecular weight is 677 g/mol. The second-order valence-electron chi connectivity index (χ2n) is 13.3. The van der Waals surface area contributed by atoms with Crippen molar-refractivity contribution in [1.29, 1.82) is 0 Å². The number of anilines is 2. The summed E-state index contributed by atoms with van der Waals surface area (Å²) in [7, 11) is 0. The molecule has 0 saturated carbocycles. The van der Waals surface area contributed by atoms with Crippen LogP contribution in [0.1, 0.15) is 5.56 Å². The number of aliphatic imine (C=N–C) groups is 1. The highest BCUT2D eigenvalue weighted by Gasteiger charge is 2.17. The van der Waals surface area contributed by atoms with Crippen LogP contribution in [-0.4, -0.2) is 6.21 Å². The second kappa shape index (κ2) is 14.3. The minimum Gasteiger partial charge on any atom is -0.354 e. The van der Waals surface area contributed by atoms with Crippen molar-refractivity contribution in [1.82, 2.24) is 0 Å². The van der Waals surface area contributed by atoms with Gasteiger partial charge in [-0.15, -0.1) is 0 Å². The standard InChI is InChI=1S/C51H36N2/c1-5-15-36(16-6-1)35-52-49-34-42(30-32-48(49)53-43-21-11-4-12-22-43)38-27-25-37(26-28-38)41-29-31-46-47(33-41)51(40-19-9-3-10-20-40)45-24-14-13-23-44(45)50(46)39-17-7-2-8-18-39/h1-35,53H/b52-35+. The highest BCUT2D eigenvalue weighted by atomic mass is 14.9. The molecule has 9 aromatic rings. The van der Waals surface area contributed by atoms with Crippen LogP contribution in [0, 0.1) is 0 Å². The zero-order chi connectivity index (χ0) is 35.4. The number of para-hydroxylation sites is 1. The normalized spacial score (nSPS) is 11.3. The van der Waals surface area contributed by atoms with Gasteiger partial charge in [-0.25, -0.2) is 0 Å². The number of benzene rings is 9. The van der Waals surface area contributed by atoms with Crippen molar-refractivity contribution in [3.63, 3.8) is 0 Å². The maximum atomic E-state index is 4.95. The van der Waals surface area contributed by atoms with Gasteiger partial charge in [-0.3, -0.25) is 4.99 Å². The van der Waals surface area contributed by atoms with Crippen LogP contribution in [0.15, 0.2) is 211 Å². The Morgan fingerprint density at radius 2 is 0.792 bits per heavy atom. The van der Waals surface area contributed by atoms with E-state index >= 15 is 0 Å². The number of rotatable bonds is 8. The Hall–Kier alpha value is -7.03. The number of hydrogen-bond donors (Lipinski definition) is 1. The van der Waals surface area contributed by atoms with E-state index in [0.29, 0.717) is 0 Å². The number of fused-ring (bicyclic) bond motifs is 2. The Morgan fingerprint density at radius 3 is 1.40 bits per heavy atom. The summed E-state index contributed by atoms with van der Waals surface area (Å²) in [6.45, 7) is 0. The quantitative estimate of drug-likeness (QED) is 0.126. The maximum Gasteiger partial charge on any atom is 0.0870 e. The first-order valence-corrected chi connectivity index (χ1v) is 18.0. The largest absolute Gasteiger partial charge is 0.354 e. The van der Waals surface area contributed by atoms with Gasteiger partial charge in [0.05, 0.1) is 11.4 Å². The molecule has 0 heterocycles. The zero-order valence-electron chi connectivity index (χ0n) is 29.2. The van der Waals surface area contributed by atoms with Gasteiger partial charge in [-0.05, 0) is 102 Å². The molecule has 2 nitrogen and oxygen atoms in total. The van der Waals surface area contributed by atoms with E-state index in [0.717, 1.165) is 33.8 Å². The third-order valence-corrected chi connectivity index (χ3v) is 9.90. The lowest BCUT2D eigenvalue weighted by Gasteiger charge is -2.18. The van der Waals surface area contributed by atoms with Gasteiger partial charge in [0.2, 0.25) is 0 Å². The topological polar surface area (TPSA) is 24.4 Å². The molecule has 0 bridgehead atoms. The van der Waals surface area contributed by atoms with Crippen molar-refractivity contribution in [2.45, 2.75) is 0 Å². The summed E-state index contributed by atoms with van der Waals surface area (Å²) in [5.74, 6) is 0. The molecule has 1 N–H and O–H groups in total. The van der Waals surface area contributed by atoms with E-state index < -0.39 is 0 Å². The molecule has 0 fully saturated rings. The number of nitrogens with zero attached hydrogens (tertiary/aromatic N) is 1. The van der Waals surface area contributed by atoms with Gasteiger partial charge < -0.3 is 5.32 Å². The first-order valence-electron chi connectivity index (χ1n) is 18.0. The van der Waals surface area contributed by atoms with E-state index in [-0.39, 0.29) is 0 Å². The molecule has 2 heteroatoms. The summed E-state index contributed by atoms with van der Waals surface area (Å²) in [5.41, 5.74) is 13.5. The summed E-state index contributed by atoms with van der Waals surface area (Å²) in [6, 6.07) is 73.2. The van der Waals surface area contributed by atoms with Gasteiger partial charge in [-0.1, -0.05) is 176 Å². The molecule has 0 unspecified atom stereocenters. The molecule has 53 heavy (non-hydrogen) atoms. The summed E-state index contributed by atoms with van der Waals surface area (Å²) >= 11 is 0. The first-order chi connectivity index (χ1) is 26.3. The second-order valence-corrected chi connectivity index (χ2v) is 13.3. The lowest BCUT2D eigenvalue weighted by Crippen LogP contribution is -1.92. The molecule has 9 rings (SSSR count). The summed E-state index contributed by atoms with van der Waals surface area (Å²) in [6.07, 6.45) is 1.92. The zero-order valence-corrected chi connectivity index (χ0v) is 29.2. The minimum absolute atomic E-state index is 0.878. The first kappa shape index (κ1) is 31.9. The summed E-state index contributed by atoms with van der Waals surface area (Å²) in [4.78, 5) is 4.95. The lowest BCUT2D eigenvalue weighted by molar-refractivity contribution is 1.47. The van der Waals surface area contributed by atoms with Crippen molar-refractivity contribution in [3.05, 3.63) is 212 Å². The predicted molar refractivity (Wildman–Crippen MR) is 227 cm³/mol. The van der Waals surface area contributed by atoms with Crippen molar-refractivity contribution in [2.24, 2.45) is 4.99 Å². The van der Waals surface area contributed by atoms with E-state index in [9.17, 15) is 0 Å². The lowest BCUT2D eigenvalue weighted by atomic mass is 9.85. The van der Waals surface area contributed by atoms with Crippen LogP contribution in [0.4, 0.5) is 17.1 Å². The van der Waals surface area contributed by atoms with Crippen molar-refractivity contribution >= 4 is 44.8 Å². The van der Waals surface area contributed by atoms with Gasteiger partial charge in [0.25, 0.3) is 0 Å². The molecular formula is C51H36N2. The van der Waals surface area contributed by atoms with E-state index in [1.54, 1.807) is 0 Å². The maximum absolute atomic E-state index is 4.95. The SMILES string of the molecule is C(=N\c1cc(-c2ccc(-c3ccc4c(-c5ccccc5)c5ccccc5c(-c5ccccc5)c4c3)cc2)ccc1Nc1ccccc1)/c1ccccc1. The molecule has 0 aromatic heterocycles. The Balaban J connectivity index is 1.13. The van der Waals surface area contributed by atoms with Crippen molar-refractivity contribution in [3.8, 4) is 44.5 Å². The van der Waals surface area contributed by atoms with Crippen LogP contribution < -0.4 is 5.32 Å². The van der Waals surface area contributed by atoms with Crippen LogP contribution in [0.2, 0.25) is 0 Å². The number of hydrogen-bond acceptors (Lipinski definition) is 2. The summed E-state index contributed by atoms with van der Waals surface area (Å²) < 4.78 is 0. The summed E-state index contributed by atoms with van der Waals surface area (Å²) in [5, 5.41) is 8.58. The molecule has 0 aliphatic rings. The van der Waals surface area contributed by atoms with E-state index in [2.05, 4.69) is 175 Å². The van der Waals surface area contributed by atoms with Crippen LogP contribution in [-0.2, 0) is 0 Å². The smallest absolute Gasteiger partial charge is 0.0870 e. The van der Waals surface area contributed by atoms with Crippen LogP contribution in [0.5, 0.6) is 0 Å². The Kier molecular flexibility index (Phi) is 8.61. The molecule has 0 spiro atoms. The van der Waals surface area contributed by atoms with Crippen molar-refractivity contribution in [2.75, 3.05) is 5.32 Å². The van der Waals surface area contributed by atoms with Crippen LogP contribution >= 0.6 is 0 Å². The van der Waals surface area contributed by atoms with Gasteiger partial charge in [0.1, 0.15) is 0 Å². The monoisotopic (exact) mass is 676 g/mol. The average Bonchev–Trinajstić information content (AvgIpc) is 3.23. The number of nitrogens with one attached hydrogen (secondary N) is 1. The van der Waals surface area contributed by atoms with Gasteiger partial charge in [0.15, 0.2) is 0 Å². The molecular weight excluding hydrogens is 641 g/mol. The molecule has 0 aliphatic heterocycles. The molecule has 250 valence electrons. The van der Waals surface area contributed by atoms with E-state index in [1.807, 2.05) is 42.6 Å². The Morgan fingerprint density at radius 1 is 0.340 bits per heavy atom. The fraction of sp³-hybridized carbons (Fsp3) is 0. The predicted octanol–water partition coefficient (Wildman–Crippen LogP) is 14.2. The highest BCUT2D eigenvalue weighted by molar-refractivity contribution is 6.22. The third-order valence-electron chi connectivity index (χ3n) is 9.90. The molecule has 0 atom stereocenters. The third kappa shape index (κ3) is 6.51. The van der Waals surface area contributed by atoms with Crippen LogP contribution in [0.25, 0.3) is 66.1 Å². The molecule has 0 saturated heterocycles. The molecule has 0 amide bonds. The highest BCUT2D eigenvalue weighted by Crippen LogP contribution is 2.45. The van der Waals surface area contributed by atoms with Gasteiger partial charge in [0, 0.05) is 11.9 Å². The van der Waals surface area contributed by atoms with Gasteiger partial charge >= 0.3 is 0 Å². The Labute approximate surface area is 310 Å². The fourth-order valence-electron chi connectivity index (χ4n) is 7.33. The van der Waals surface area contributed by atoms with Crippen molar-refractivity contribution < 1.29 is 0 Å². The van der Waals surface area contributed by atoms with Gasteiger partial charge in [-0.2, -0.15) is 0 Å². The fourth-order valence-corrected chi connectivity index (χ4v) is 7.33. The van der Waals surface area contributed by atoms with Crippen LogP contribution in [0.3, 0.4) is 0 Å².